The SMILES string of the molecule is O=C1C(=O)N(Cc2cccc(F)c2Br)c2c(F)cccc21. The van der Waals surface area contributed by atoms with Crippen molar-refractivity contribution in [3.8, 4) is 0 Å². The number of carbonyl (C=O) groups is 2. The van der Waals surface area contributed by atoms with Crippen molar-refractivity contribution in [2.45, 2.75) is 6.54 Å². The van der Waals surface area contributed by atoms with Gasteiger partial charge in [0.1, 0.15) is 11.6 Å². The van der Waals surface area contributed by atoms with E-state index in [1.165, 1.54) is 30.3 Å². The van der Waals surface area contributed by atoms with Gasteiger partial charge in [-0.2, -0.15) is 0 Å². The molecular formula is C15H8BrF2NO2. The number of carbonyl (C=O) groups excluding carboxylic acids is 2. The molecule has 21 heavy (non-hydrogen) atoms. The minimum atomic E-state index is -0.814. The number of Topliss-reactive ketones (excluding diaryl/α,β-unsaturated/α-hetero) is 1. The molecule has 3 nitrogen and oxygen atoms in total. The Bertz CT molecular complexity index is 776. The van der Waals surface area contributed by atoms with Crippen molar-refractivity contribution < 1.29 is 18.4 Å². The Morgan fingerprint density at radius 1 is 1.00 bits per heavy atom. The first-order chi connectivity index (χ1) is 10.0. The van der Waals surface area contributed by atoms with Crippen molar-refractivity contribution in [3.05, 3.63) is 63.6 Å². The van der Waals surface area contributed by atoms with Crippen molar-refractivity contribution in [2.75, 3.05) is 4.90 Å². The van der Waals surface area contributed by atoms with E-state index < -0.39 is 23.3 Å². The van der Waals surface area contributed by atoms with E-state index in [-0.39, 0.29) is 22.3 Å². The lowest BCUT2D eigenvalue weighted by Gasteiger charge is -2.18. The van der Waals surface area contributed by atoms with Crippen molar-refractivity contribution >= 4 is 33.3 Å². The molecule has 0 unspecified atom stereocenters. The van der Waals surface area contributed by atoms with Gasteiger partial charge in [-0.25, -0.2) is 8.78 Å². The number of amides is 1. The van der Waals surface area contributed by atoms with Crippen LogP contribution in [0.15, 0.2) is 40.9 Å². The molecule has 1 aliphatic heterocycles. The second-order valence-electron chi connectivity index (χ2n) is 4.57. The molecule has 0 atom stereocenters. The van der Waals surface area contributed by atoms with Gasteiger partial charge in [0.2, 0.25) is 0 Å². The third kappa shape index (κ3) is 2.15. The topological polar surface area (TPSA) is 37.4 Å². The molecule has 2 aromatic carbocycles. The van der Waals surface area contributed by atoms with Crippen LogP contribution in [0.1, 0.15) is 15.9 Å². The Labute approximate surface area is 127 Å². The van der Waals surface area contributed by atoms with E-state index >= 15 is 0 Å². The largest absolute Gasteiger partial charge is 0.299 e. The summed E-state index contributed by atoms with van der Waals surface area (Å²) in [6.45, 7) is -0.0865. The van der Waals surface area contributed by atoms with Gasteiger partial charge in [-0.15, -0.1) is 0 Å². The molecule has 0 N–H and O–H groups in total. The van der Waals surface area contributed by atoms with Crippen LogP contribution in [0, 0.1) is 11.6 Å². The molecule has 0 radical (unpaired) electrons. The summed E-state index contributed by atoms with van der Waals surface area (Å²) in [7, 11) is 0. The number of hydrogen-bond donors (Lipinski definition) is 0. The van der Waals surface area contributed by atoms with E-state index in [4.69, 9.17) is 0 Å². The molecule has 0 spiro atoms. The molecule has 0 bridgehead atoms. The highest BCUT2D eigenvalue weighted by molar-refractivity contribution is 9.10. The fourth-order valence-corrected chi connectivity index (χ4v) is 2.69. The maximum absolute atomic E-state index is 13.9. The summed E-state index contributed by atoms with van der Waals surface area (Å²) >= 11 is 3.09. The van der Waals surface area contributed by atoms with Crippen LogP contribution >= 0.6 is 15.9 Å². The molecule has 0 saturated carbocycles. The second kappa shape index (κ2) is 5.04. The summed E-state index contributed by atoms with van der Waals surface area (Å²) in [6, 6.07) is 8.31. The number of halogens is 3. The molecule has 2 aromatic rings. The van der Waals surface area contributed by atoms with Crippen molar-refractivity contribution in [1.82, 2.24) is 0 Å². The van der Waals surface area contributed by atoms with E-state index in [0.29, 0.717) is 5.56 Å². The zero-order valence-electron chi connectivity index (χ0n) is 10.6. The average molecular weight is 352 g/mol. The van der Waals surface area contributed by atoms with Gasteiger partial charge in [-0.05, 0) is 39.7 Å². The van der Waals surface area contributed by atoms with E-state index in [0.717, 1.165) is 4.90 Å². The fraction of sp³-hybridized carbons (Fsp3) is 0.0667. The summed E-state index contributed by atoms with van der Waals surface area (Å²) < 4.78 is 27.6. The van der Waals surface area contributed by atoms with Gasteiger partial charge in [0.25, 0.3) is 11.7 Å². The Morgan fingerprint density at radius 2 is 1.67 bits per heavy atom. The molecule has 3 rings (SSSR count). The molecule has 1 heterocycles. The molecule has 0 saturated heterocycles. The zero-order chi connectivity index (χ0) is 15.1. The zero-order valence-corrected chi connectivity index (χ0v) is 12.2. The number of nitrogens with zero attached hydrogens (tertiary/aromatic N) is 1. The predicted octanol–water partition coefficient (Wildman–Crippen LogP) is 3.46. The van der Waals surface area contributed by atoms with Crippen LogP contribution in [-0.4, -0.2) is 11.7 Å². The number of anilines is 1. The number of fused-ring (bicyclic) bond motifs is 1. The molecule has 1 aliphatic rings. The molecule has 0 fully saturated rings. The average Bonchev–Trinajstić information content (AvgIpc) is 2.70. The minimum absolute atomic E-state index is 0.0347. The van der Waals surface area contributed by atoms with Crippen LogP contribution in [0.3, 0.4) is 0 Å². The summed E-state index contributed by atoms with van der Waals surface area (Å²) in [6.07, 6.45) is 0. The van der Waals surface area contributed by atoms with Crippen LogP contribution in [0.5, 0.6) is 0 Å². The summed E-state index contributed by atoms with van der Waals surface area (Å²) in [4.78, 5) is 24.9. The Balaban J connectivity index is 2.07. The molecule has 1 amide bonds. The van der Waals surface area contributed by atoms with E-state index in [1.807, 2.05) is 0 Å². The Morgan fingerprint density at radius 3 is 2.43 bits per heavy atom. The van der Waals surface area contributed by atoms with Gasteiger partial charge >= 0.3 is 0 Å². The third-order valence-corrected chi connectivity index (χ3v) is 4.19. The van der Waals surface area contributed by atoms with E-state index in [2.05, 4.69) is 15.9 Å². The van der Waals surface area contributed by atoms with Crippen molar-refractivity contribution in [3.63, 3.8) is 0 Å². The lowest BCUT2D eigenvalue weighted by Crippen LogP contribution is -2.29. The normalized spacial score (nSPS) is 13.8. The van der Waals surface area contributed by atoms with Crippen LogP contribution in [0.25, 0.3) is 0 Å². The van der Waals surface area contributed by atoms with Gasteiger partial charge in [-0.1, -0.05) is 18.2 Å². The molecular weight excluding hydrogens is 344 g/mol. The van der Waals surface area contributed by atoms with Gasteiger partial charge in [0.15, 0.2) is 0 Å². The highest BCUT2D eigenvalue weighted by atomic mass is 79.9. The van der Waals surface area contributed by atoms with Gasteiger partial charge < -0.3 is 0 Å². The maximum atomic E-state index is 13.9. The molecule has 106 valence electrons. The smallest absolute Gasteiger partial charge is 0.298 e. The Kier molecular flexibility index (Phi) is 3.33. The Hall–Kier alpha value is -2.08. The third-order valence-electron chi connectivity index (χ3n) is 3.30. The second-order valence-corrected chi connectivity index (χ2v) is 5.36. The molecule has 6 heteroatoms. The standard InChI is InChI=1S/C15H8BrF2NO2/c16-12-8(3-1-5-10(12)17)7-19-13-9(14(20)15(19)21)4-2-6-11(13)18/h1-6H,7H2. The van der Waals surface area contributed by atoms with E-state index in [9.17, 15) is 18.4 Å². The highest BCUT2D eigenvalue weighted by Crippen LogP contribution is 2.34. The van der Waals surface area contributed by atoms with Crippen LogP contribution in [0.2, 0.25) is 0 Å². The summed E-state index contributed by atoms with van der Waals surface area (Å²) in [5.74, 6) is -2.71. The number of hydrogen-bond acceptors (Lipinski definition) is 2. The first-order valence-electron chi connectivity index (χ1n) is 6.08. The van der Waals surface area contributed by atoms with E-state index in [1.54, 1.807) is 6.07 Å². The van der Waals surface area contributed by atoms with Crippen LogP contribution < -0.4 is 4.90 Å². The first-order valence-corrected chi connectivity index (χ1v) is 6.87. The first kappa shape index (κ1) is 13.9. The number of ketones is 1. The predicted molar refractivity (Wildman–Crippen MR) is 76.0 cm³/mol. The maximum Gasteiger partial charge on any atom is 0.299 e. The minimum Gasteiger partial charge on any atom is -0.298 e. The summed E-state index contributed by atoms with van der Waals surface area (Å²) in [5.41, 5.74) is 0.434. The summed E-state index contributed by atoms with van der Waals surface area (Å²) in [5, 5.41) is 0. The van der Waals surface area contributed by atoms with Crippen molar-refractivity contribution in [1.29, 1.82) is 0 Å². The highest BCUT2D eigenvalue weighted by Gasteiger charge is 2.38. The van der Waals surface area contributed by atoms with Crippen molar-refractivity contribution in [2.24, 2.45) is 0 Å². The quantitative estimate of drug-likeness (QED) is 0.777. The molecule has 0 aliphatic carbocycles. The number of rotatable bonds is 2. The monoisotopic (exact) mass is 351 g/mol. The lowest BCUT2D eigenvalue weighted by atomic mass is 10.1. The molecule has 0 aromatic heterocycles. The van der Waals surface area contributed by atoms with Crippen LogP contribution in [0.4, 0.5) is 14.5 Å². The fourth-order valence-electron chi connectivity index (χ4n) is 2.30. The van der Waals surface area contributed by atoms with Gasteiger partial charge in [0.05, 0.1) is 22.3 Å². The number of para-hydroxylation sites is 1. The van der Waals surface area contributed by atoms with Gasteiger partial charge in [0, 0.05) is 0 Å². The lowest BCUT2D eigenvalue weighted by molar-refractivity contribution is -0.114. The number of benzene rings is 2. The van der Waals surface area contributed by atoms with Crippen LogP contribution in [-0.2, 0) is 11.3 Å². The van der Waals surface area contributed by atoms with Gasteiger partial charge in [-0.3, -0.25) is 14.5 Å².